The Morgan fingerprint density at radius 1 is 1.30 bits per heavy atom. The summed E-state index contributed by atoms with van der Waals surface area (Å²) in [6.07, 6.45) is 4.09. The first kappa shape index (κ1) is 20.0. The second-order valence-electron chi connectivity index (χ2n) is 7.61. The molecule has 4 rings (SSSR count). The van der Waals surface area contributed by atoms with Crippen LogP contribution in [0, 0.1) is 26.6 Å². The number of hydrogen-bond acceptors (Lipinski definition) is 5. The number of carbonyl (C=O) groups excluding carboxylic acids is 1. The molecule has 0 saturated carbocycles. The van der Waals surface area contributed by atoms with Crippen molar-refractivity contribution in [2.24, 2.45) is 0 Å². The third-order valence-electron chi connectivity index (χ3n) is 5.07. The summed E-state index contributed by atoms with van der Waals surface area (Å²) >= 11 is 0. The van der Waals surface area contributed by atoms with Gasteiger partial charge in [-0.05, 0) is 39.0 Å². The van der Waals surface area contributed by atoms with Gasteiger partial charge < -0.3 is 10.1 Å². The fourth-order valence-electron chi connectivity index (χ4n) is 3.57. The lowest BCUT2D eigenvalue weighted by Crippen LogP contribution is -2.34. The van der Waals surface area contributed by atoms with Crippen molar-refractivity contribution >= 4 is 5.91 Å². The number of aromatic nitrogens is 4. The van der Waals surface area contributed by atoms with Crippen molar-refractivity contribution in [1.82, 2.24) is 25.1 Å². The van der Waals surface area contributed by atoms with Crippen LogP contribution >= 0.6 is 0 Å². The van der Waals surface area contributed by atoms with Gasteiger partial charge in [0.15, 0.2) is 11.6 Å². The van der Waals surface area contributed by atoms with E-state index in [0.717, 1.165) is 22.6 Å². The molecule has 0 bridgehead atoms. The summed E-state index contributed by atoms with van der Waals surface area (Å²) in [5.74, 6) is -0.258. The van der Waals surface area contributed by atoms with Gasteiger partial charge >= 0.3 is 0 Å². The van der Waals surface area contributed by atoms with Crippen molar-refractivity contribution in [2.75, 3.05) is 6.54 Å². The van der Waals surface area contributed by atoms with E-state index in [4.69, 9.17) is 4.74 Å². The summed E-state index contributed by atoms with van der Waals surface area (Å²) in [6, 6.07) is 5.23. The molecule has 0 fully saturated rings. The van der Waals surface area contributed by atoms with Crippen LogP contribution in [0.3, 0.4) is 0 Å². The number of amides is 1. The predicted molar refractivity (Wildman–Crippen MR) is 110 cm³/mol. The molecular formula is C22H24FN5O2. The summed E-state index contributed by atoms with van der Waals surface area (Å²) in [5.41, 5.74) is 4.57. The quantitative estimate of drug-likeness (QED) is 0.677. The lowest BCUT2D eigenvalue weighted by Gasteiger charge is -2.12. The van der Waals surface area contributed by atoms with Gasteiger partial charge in [-0.2, -0.15) is 5.10 Å². The van der Waals surface area contributed by atoms with Gasteiger partial charge in [0.1, 0.15) is 6.10 Å². The molecule has 1 aliphatic heterocycles. The van der Waals surface area contributed by atoms with Crippen LogP contribution in [-0.2, 0) is 17.8 Å². The first-order valence-corrected chi connectivity index (χ1v) is 9.95. The molecule has 1 N–H and O–H groups in total. The highest BCUT2D eigenvalue weighted by atomic mass is 19.1. The molecule has 0 aliphatic carbocycles. The molecule has 0 unspecified atom stereocenters. The molecule has 7 nitrogen and oxygen atoms in total. The zero-order valence-corrected chi connectivity index (χ0v) is 17.3. The highest BCUT2D eigenvalue weighted by Crippen LogP contribution is 2.35. The fraction of sp³-hybridized carbons (Fsp3) is 0.364. The van der Waals surface area contributed by atoms with Crippen LogP contribution in [0.2, 0.25) is 0 Å². The number of hydrogen-bond donors (Lipinski definition) is 1. The average Bonchev–Trinajstić information content (AvgIpc) is 3.32. The van der Waals surface area contributed by atoms with Gasteiger partial charge in [-0.25, -0.2) is 9.37 Å². The standard InChI is InChI=1S/C22H24FN5O2/c1-13-4-6-28(27-13)7-5-20(29)25-12-18-9-17-8-16(10-19(23)22(17)30-18)21-15(3)24-11-14(2)26-21/h4,6,8,10-11,18H,5,7,9,12H2,1-3H3,(H,25,29)/t18-/m1/s1. The van der Waals surface area contributed by atoms with E-state index in [1.54, 1.807) is 10.9 Å². The van der Waals surface area contributed by atoms with E-state index in [9.17, 15) is 9.18 Å². The SMILES string of the molecule is Cc1cnc(C)c(-c2cc(F)c3c(c2)C[C@H](CNC(=O)CCn2ccc(C)n2)O3)n1. The third-order valence-corrected chi connectivity index (χ3v) is 5.07. The first-order valence-electron chi connectivity index (χ1n) is 9.95. The Balaban J connectivity index is 1.37. The normalized spacial score (nSPS) is 15.0. The van der Waals surface area contributed by atoms with Crippen LogP contribution in [0.25, 0.3) is 11.3 Å². The van der Waals surface area contributed by atoms with Crippen molar-refractivity contribution in [3.8, 4) is 17.0 Å². The Morgan fingerprint density at radius 2 is 2.13 bits per heavy atom. The number of rotatable bonds is 6. The van der Waals surface area contributed by atoms with Crippen LogP contribution < -0.4 is 10.1 Å². The van der Waals surface area contributed by atoms with Crippen LogP contribution in [0.4, 0.5) is 4.39 Å². The van der Waals surface area contributed by atoms with E-state index in [1.165, 1.54) is 6.07 Å². The summed E-state index contributed by atoms with van der Waals surface area (Å²) in [6.45, 7) is 6.45. The van der Waals surface area contributed by atoms with E-state index < -0.39 is 5.82 Å². The van der Waals surface area contributed by atoms with E-state index in [1.807, 2.05) is 39.1 Å². The van der Waals surface area contributed by atoms with Gasteiger partial charge in [-0.15, -0.1) is 0 Å². The molecule has 2 aromatic heterocycles. The Morgan fingerprint density at radius 3 is 2.90 bits per heavy atom. The van der Waals surface area contributed by atoms with Gasteiger partial charge in [0.2, 0.25) is 5.91 Å². The van der Waals surface area contributed by atoms with Gasteiger partial charge in [0.05, 0.1) is 29.3 Å². The van der Waals surface area contributed by atoms with E-state index in [0.29, 0.717) is 37.2 Å². The minimum atomic E-state index is -0.423. The number of nitrogens with one attached hydrogen (secondary N) is 1. The molecular weight excluding hydrogens is 385 g/mol. The van der Waals surface area contributed by atoms with Gasteiger partial charge in [-0.1, -0.05) is 0 Å². The van der Waals surface area contributed by atoms with Crippen molar-refractivity contribution < 1.29 is 13.9 Å². The molecule has 156 valence electrons. The highest BCUT2D eigenvalue weighted by Gasteiger charge is 2.27. The minimum absolute atomic E-state index is 0.0884. The van der Waals surface area contributed by atoms with Crippen molar-refractivity contribution in [3.05, 3.63) is 59.1 Å². The van der Waals surface area contributed by atoms with E-state index >= 15 is 0 Å². The number of benzene rings is 1. The predicted octanol–water partition coefficient (Wildman–Crippen LogP) is 2.91. The first-order chi connectivity index (χ1) is 14.4. The smallest absolute Gasteiger partial charge is 0.221 e. The fourth-order valence-corrected chi connectivity index (χ4v) is 3.57. The number of nitrogens with zero attached hydrogens (tertiary/aromatic N) is 4. The van der Waals surface area contributed by atoms with Crippen molar-refractivity contribution in [1.29, 1.82) is 0 Å². The third kappa shape index (κ3) is 4.32. The molecule has 0 saturated heterocycles. The maximum Gasteiger partial charge on any atom is 0.221 e. The molecule has 8 heteroatoms. The van der Waals surface area contributed by atoms with E-state index in [-0.39, 0.29) is 17.8 Å². The Bertz CT molecular complexity index is 1100. The van der Waals surface area contributed by atoms with Crippen molar-refractivity contribution in [3.63, 3.8) is 0 Å². The average molecular weight is 409 g/mol. The molecule has 3 heterocycles. The maximum atomic E-state index is 14.7. The number of halogens is 1. The van der Waals surface area contributed by atoms with Crippen LogP contribution in [0.15, 0.2) is 30.6 Å². The minimum Gasteiger partial charge on any atom is -0.485 e. The Labute approximate surface area is 174 Å². The van der Waals surface area contributed by atoms with Crippen LogP contribution in [-0.4, -0.2) is 38.3 Å². The van der Waals surface area contributed by atoms with Gasteiger partial charge in [0, 0.05) is 42.9 Å². The van der Waals surface area contributed by atoms with Gasteiger partial charge in [0.25, 0.3) is 0 Å². The van der Waals surface area contributed by atoms with E-state index in [2.05, 4.69) is 20.4 Å². The monoisotopic (exact) mass is 409 g/mol. The van der Waals surface area contributed by atoms with Gasteiger partial charge in [-0.3, -0.25) is 14.5 Å². The molecule has 1 aliphatic rings. The highest BCUT2D eigenvalue weighted by molar-refractivity contribution is 5.75. The molecule has 30 heavy (non-hydrogen) atoms. The Kier molecular flexibility index (Phi) is 5.48. The zero-order valence-electron chi connectivity index (χ0n) is 17.3. The zero-order chi connectivity index (χ0) is 21.3. The molecule has 1 aromatic carbocycles. The molecule has 3 aromatic rings. The number of fused-ring (bicyclic) bond motifs is 1. The molecule has 1 atom stereocenters. The lowest BCUT2D eigenvalue weighted by molar-refractivity contribution is -0.121. The second-order valence-corrected chi connectivity index (χ2v) is 7.61. The van der Waals surface area contributed by atoms with Crippen LogP contribution in [0.1, 0.15) is 29.1 Å². The van der Waals surface area contributed by atoms with Crippen molar-refractivity contribution in [2.45, 2.75) is 46.3 Å². The lowest BCUT2D eigenvalue weighted by atomic mass is 10.0. The summed E-state index contributed by atoms with van der Waals surface area (Å²) in [4.78, 5) is 20.9. The molecule has 0 radical (unpaired) electrons. The maximum absolute atomic E-state index is 14.7. The summed E-state index contributed by atoms with van der Waals surface area (Å²) < 4.78 is 22.2. The number of carbonyl (C=O) groups is 1. The van der Waals surface area contributed by atoms with Crippen LogP contribution in [0.5, 0.6) is 5.75 Å². The molecule has 0 spiro atoms. The summed E-state index contributed by atoms with van der Waals surface area (Å²) in [5, 5.41) is 7.13. The summed E-state index contributed by atoms with van der Waals surface area (Å²) in [7, 11) is 0. The Hall–Kier alpha value is -3.29. The second kappa shape index (κ2) is 8.22. The topological polar surface area (TPSA) is 81.9 Å². The largest absolute Gasteiger partial charge is 0.485 e. The molecule has 1 amide bonds. The number of aryl methyl sites for hydroxylation is 4. The number of ether oxygens (including phenoxy) is 1.